The van der Waals surface area contributed by atoms with Crippen LogP contribution < -0.4 is 15.8 Å². The second kappa shape index (κ2) is 9.35. The SMILES string of the molecule is NC(=O)CNC(=O)COC(=O)CCCOc1ccccc1. The first kappa shape index (κ1) is 16.5. The molecule has 0 spiro atoms. The number of esters is 1. The molecule has 1 aromatic rings. The molecule has 0 unspecified atom stereocenters. The van der Waals surface area contributed by atoms with E-state index in [4.69, 9.17) is 15.2 Å². The summed E-state index contributed by atoms with van der Waals surface area (Å²) in [5, 5.41) is 2.21. The number of benzene rings is 1. The molecule has 1 rings (SSSR count). The molecule has 0 heterocycles. The molecule has 2 amide bonds. The Labute approximate surface area is 122 Å². The molecule has 0 saturated carbocycles. The predicted molar refractivity (Wildman–Crippen MR) is 74.3 cm³/mol. The van der Waals surface area contributed by atoms with Gasteiger partial charge in [-0.3, -0.25) is 14.4 Å². The maximum Gasteiger partial charge on any atom is 0.306 e. The zero-order chi connectivity index (χ0) is 15.5. The van der Waals surface area contributed by atoms with Crippen molar-refractivity contribution < 1.29 is 23.9 Å². The molecule has 0 aromatic heterocycles. The second-order valence-corrected chi connectivity index (χ2v) is 4.17. The summed E-state index contributed by atoms with van der Waals surface area (Å²) in [4.78, 5) is 32.9. The number of hydrogen-bond acceptors (Lipinski definition) is 5. The second-order valence-electron chi connectivity index (χ2n) is 4.17. The fraction of sp³-hybridized carbons (Fsp3) is 0.357. The molecule has 0 aliphatic carbocycles. The van der Waals surface area contributed by atoms with E-state index >= 15 is 0 Å². The third-order valence-electron chi connectivity index (χ3n) is 2.36. The highest BCUT2D eigenvalue weighted by Crippen LogP contribution is 2.08. The minimum absolute atomic E-state index is 0.149. The molecule has 0 radical (unpaired) electrons. The lowest BCUT2D eigenvalue weighted by Crippen LogP contribution is -2.35. The van der Waals surface area contributed by atoms with Crippen LogP contribution in [-0.2, 0) is 19.1 Å². The largest absolute Gasteiger partial charge is 0.494 e. The van der Waals surface area contributed by atoms with Gasteiger partial charge in [0.1, 0.15) is 5.75 Å². The maximum atomic E-state index is 11.3. The molecule has 0 fully saturated rings. The Bertz CT molecular complexity index is 476. The molecule has 0 bridgehead atoms. The van der Waals surface area contributed by atoms with Crippen LogP contribution in [0, 0.1) is 0 Å². The van der Waals surface area contributed by atoms with Crippen molar-refractivity contribution in [3.8, 4) is 5.75 Å². The summed E-state index contributed by atoms with van der Waals surface area (Å²) in [5.41, 5.74) is 4.85. The number of ether oxygens (including phenoxy) is 2. The van der Waals surface area contributed by atoms with Gasteiger partial charge in [0, 0.05) is 6.42 Å². The normalized spacial score (nSPS) is 9.71. The van der Waals surface area contributed by atoms with Crippen molar-refractivity contribution in [3.05, 3.63) is 30.3 Å². The first-order chi connectivity index (χ1) is 10.1. The van der Waals surface area contributed by atoms with Crippen LogP contribution in [0.3, 0.4) is 0 Å². The molecule has 0 atom stereocenters. The van der Waals surface area contributed by atoms with Crippen molar-refractivity contribution in [3.63, 3.8) is 0 Å². The lowest BCUT2D eigenvalue weighted by molar-refractivity contribution is -0.148. The van der Waals surface area contributed by atoms with Crippen LogP contribution in [0.25, 0.3) is 0 Å². The molecule has 7 nitrogen and oxygen atoms in total. The van der Waals surface area contributed by atoms with E-state index in [-0.39, 0.29) is 13.0 Å². The number of rotatable bonds is 9. The molecule has 3 N–H and O–H groups in total. The average Bonchev–Trinajstić information content (AvgIpc) is 2.48. The highest BCUT2D eigenvalue weighted by Gasteiger charge is 2.08. The summed E-state index contributed by atoms with van der Waals surface area (Å²) in [6, 6.07) is 9.24. The summed E-state index contributed by atoms with van der Waals surface area (Å²) >= 11 is 0. The van der Waals surface area contributed by atoms with Crippen molar-refractivity contribution in [2.24, 2.45) is 5.73 Å². The number of hydrogen-bond donors (Lipinski definition) is 2. The van der Waals surface area contributed by atoms with Crippen molar-refractivity contribution in [1.82, 2.24) is 5.32 Å². The topological polar surface area (TPSA) is 108 Å². The van der Waals surface area contributed by atoms with Crippen LogP contribution in [0.1, 0.15) is 12.8 Å². The Morgan fingerprint density at radius 3 is 2.52 bits per heavy atom. The van der Waals surface area contributed by atoms with Gasteiger partial charge < -0.3 is 20.5 Å². The molecule has 0 aliphatic heterocycles. The first-order valence-electron chi connectivity index (χ1n) is 6.46. The summed E-state index contributed by atoms with van der Waals surface area (Å²) < 4.78 is 10.1. The molecule has 0 aliphatic rings. The maximum absolute atomic E-state index is 11.3. The Morgan fingerprint density at radius 2 is 1.86 bits per heavy atom. The number of carbonyl (C=O) groups is 3. The van der Waals surface area contributed by atoms with Crippen molar-refractivity contribution >= 4 is 17.8 Å². The van der Waals surface area contributed by atoms with E-state index in [0.717, 1.165) is 5.75 Å². The highest BCUT2D eigenvalue weighted by molar-refractivity contribution is 5.85. The molecule has 1 aromatic carbocycles. The number of para-hydroxylation sites is 1. The lowest BCUT2D eigenvalue weighted by Gasteiger charge is -2.06. The van der Waals surface area contributed by atoms with E-state index in [9.17, 15) is 14.4 Å². The van der Waals surface area contributed by atoms with Gasteiger partial charge in [-0.15, -0.1) is 0 Å². The molecule has 114 valence electrons. The molecular formula is C14H18N2O5. The lowest BCUT2D eigenvalue weighted by atomic mass is 10.3. The van der Waals surface area contributed by atoms with Gasteiger partial charge in [0.2, 0.25) is 5.91 Å². The van der Waals surface area contributed by atoms with E-state index in [2.05, 4.69) is 5.32 Å². The number of carbonyl (C=O) groups excluding carboxylic acids is 3. The van der Waals surface area contributed by atoms with E-state index < -0.39 is 24.4 Å². The minimum Gasteiger partial charge on any atom is -0.494 e. The third kappa shape index (κ3) is 8.25. The smallest absolute Gasteiger partial charge is 0.306 e. The van der Waals surface area contributed by atoms with Crippen LogP contribution in [0.5, 0.6) is 5.75 Å². The minimum atomic E-state index is -0.660. The molecule has 21 heavy (non-hydrogen) atoms. The molecular weight excluding hydrogens is 276 g/mol. The Morgan fingerprint density at radius 1 is 1.14 bits per heavy atom. The predicted octanol–water partition coefficient (Wildman–Crippen LogP) is -0.00970. The summed E-state index contributed by atoms with van der Waals surface area (Å²) in [6.45, 7) is -0.320. The fourth-order valence-electron chi connectivity index (χ4n) is 1.38. The number of primary amides is 1. The van der Waals surface area contributed by atoms with Crippen molar-refractivity contribution in [2.45, 2.75) is 12.8 Å². The summed E-state index contributed by atoms with van der Waals surface area (Å²) in [7, 11) is 0. The third-order valence-corrected chi connectivity index (χ3v) is 2.36. The Hall–Kier alpha value is -2.57. The quantitative estimate of drug-likeness (QED) is 0.492. The zero-order valence-electron chi connectivity index (χ0n) is 11.5. The summed E-state index contributed by atoms with van der Waals surface area (Å²) in [5.74, 6) is -0.993. The van der Waals surface area contributed by atoms with Gasteiger partial charge in [0.15, 0.2) is 6.61 Å². The van der Waals surface area contributed by atoms with Gasteiger partial charge in [0.25, 0.3) is 5.91 Å². The number of nitrogens with one attached hydrogen (secondary N) is 1. The molecule has 7 heteroatoms. The summed E-state index contributed by atoms with van der Waals surface area (Å²) in [6.07, 6.45) is 0.632. The van der Waals surface area contributed by atoms with Gasteiger partial charge in [-0.05, 0) is 18.6 Å². The van der Waals surface area contributed by atoms with Crippen LogP contribution in [0.4, 0.5) is 0 Å². The number of nitrogens with two attached hydrogens (primary N) is 1. The van der Waals surface area contributed by atoms with Gasteiger partial charge >= 0.3 is 5.97 Å². The van der Waals surface area contributed by atoms with Crippen LogP contribution in [0.15, 0.2) is 30.3 Å². The van der Waals surface area contributed by atoms with E-state index in [1.54, 1.807) is 0 Å². The van der Waals surface area contributed by atoms with E-state index in [1.807, 2.05) is 30.3 Å². The number of amides is 2. The first-order valence-corrected chi connectivity index (χ1v) is 6.46. The van der Waals surface area contributed by atoms with Gasteiger partial charge in [0.05, 0.1) is 13.2 Å². The molecule has 0 saturated heterocycles. The van der Waals surface area contributed by atoms with Crippen molar-refractivity contribution in [1.29, 1.82) is 0 Å². The van der Waals surface area contributed by atoms with E-state index in [1.165, 1.54) is 0 Å². The Kier molecular flexibility index (Phi) is 7.34. The fourth-order valence-corrected chi connectivity index (χ4v) is 1.38. The van der Waals surface area contributed by atoms with Crippen molar-refractivity contribution in [2.75, 3.05) is 19.8 Å². The monoisotopic (exact) mass is 294 g/mol. The van der Waals surface area contributed by atoms with Crippen LogP contribution >= 0.6 is 0 Å². The van der Waals surface area contributed by atoms with Gasteiger partial charge in [-0.2, -0.15) is 0 Å². The van der Waals surface area contributed by atoms with Crippen LogP contribution in [-0.4, -0.2) is 37.5 Å². The highest BCUT2D eigenvalue weighted by atomic mass is 16.5. The van der Waals surface area contributed by atoms with Gasteiger partial charge in [-0.25, -0.2) is 0 Å². The van der Waals surface area contributed by atoms with Crippen LogP contribution in [0.2, 0.25) is 0 Å². The standard InChI is InChI=1S/C14H18N2O5/c15-12(17)9-16-13(18)10-21-14(19)7-4-8-20-11-5-2-1-3-6-11/h1-3,5-6H,4,7-10H2,(H2,15,17)(H,16,18). The van der Waals surface area contributed by atoms with E-state index in [0.29, 0.717) is 13.0 Å². The zero-order valence-corrected chi connectivity index (χ0v) is 11.5. The average molecular weight is 294 g/mol. The Balaban J connectivity index is 2.06. The van der Waals surface area contributed by atoms with Gasteiger partial charge in [-0.1, -0.05) is 18.2 Å².